The Hall–Kier alpha value is -3.00. The van der Waals surface area contributed by atoms with Gasteiger partial charge in [-0.3, -0.25) is 4.79 Å². The third-order valence-electron chi connectivity index (χ3n) is 4.42. The predicted molar refractivity (Wildman–Crippen MR) is 93.1 cm³/mol. The van der Waals surface area contributed by atoms with Gasteiger partial charge in [0.2, 0.25) is 5.88 Å². The molecule has 3 aromatic heterocycles. The molecule has 0 spiro atoms. The molecule has 0 saturated carbocycles. The summed E-state index contributed by atoms with van der Waals surface area (Å²) < 4.78 is 13.1. The highest BCUT2D eigenvalue weighted by atomic mass is 16.5. The van der Waals surface area contributed by atoms with E-state index in [1.165, 1.54) is 0 Å². The highest BCUT2D eigenvalue weighted by Gasteiger charge is 2.30. The lowest BCUT2D eigenvalue weighted by molar-refractivity contribution is -0.00450. The van der Waals surface area contributed by atoms with Crippen LogP contribution in [0.4, 0.5) is 0 Å². The van der Waals surface area contributed by atoms with Crippen molar-refractivity contribution in [3.63, 3.8) is 0 Å². The van der Waals surface area contributed by atoms with Crippen LogP contribution in [-0.2, 0) is 4.74 Å². The van der Waals surface area contributed by atoms with Crippen LogP contribution in [0.2, 0.25) is 0 Å². The van der Waals surface area contributed by atoms with Crippen LogP contribution >= 0.6 is 0 Å². The van der Waals surface area contributed by atoms with Gasteiger partial charge in [0.25, 0.3) is 5.91 Å². The molecule has 1 aliphatic heterocycles. The molecule has 0 unspecified atom stereocenters. The second kappa shape index (κ2) is 7.09. The average molecular weight is 353 g/mol. The highest BCUT2D eigenvalue weighted by Crippen LogP contribution is 2.17. The number of aromatic nitrogens is 4. The molecular weight excluding hydrogens is 334 g/mol. The van der Waals surface area contributed by atoms with Crippen molar-refractivity contribution in [2.45, 2.75) is 25.5 Å². The number of pyridine rings is 1. The number of nitrogens with zero attached hydrogens (tertiary/aromatic N) is 4. The van der Waals surface area contributed by atoms with Gasteiger partial charge in [-0.15, -0.1) is 0 Å². The molecule has 1 amide bonds. The van der Waals surface area contributed by atoms with E-state index in [0.29, 0.717) is 36.7 Å². The lowest BCUT2D eigenvalue weighted by Crippen LogP contribution is -2.52. The van der Waals surface area contributed by atoms with E-state index in [1.54, 1.807) is 35.2 Å². The van der Waals surface area contributed by atoms with Gasteiger partial charge in [0.15, 0.2) is 5.65 Å². The largest absolute Gasteiger partial charge is 0.472 e. The minimum Gasteiger partial charge on any atom is -0.472 e. The van der Waals surface area contributed by atoms with Gasteiger partial charge in [-0.1, -0.05) is 6.07 Å². The van der Waals surface area contributed by atoms with Gasteiger partial charge in [0, 0.05) is 30.9 Å². The fourth-order valence-corrected chi connectivity index (χ4v) is 3.03. The number of hydrogen-bond acceptors (Lipinski definition) is 6. The van der Waals surface area contributed by atoms with E-state index in [9.17, 15) is 4.79 Å². The molecule has 4 rings (SSSR count). The summed E-state index contributed by atoms with van der Waals surface area (Å²) in [5, 5.41) is 7.20. The molecule has 1 N–H and O–H groups in total. The van der Waals surface area contributed by atoms with E-state index in [-0.39, 0.29) is 18.1 Å². The van der Waals surface area contributed by atoms with Crippen molar-refractivity contribution in [2.24, 2.45) is 0 Å². The lowest BCUT2D eigenvalue weighted by atomic mass is 10.1. The number of ether oxygens (including phenoxy) is 2. The third kappa shape index (κ3) is 3.23. The summed E-state index contributed by atoms with van der Waals surface area (Å²) in [6, 6.07) is 7.01. The number of hydrogen-bond donors (Lipinski definition) is 1. The van der Waals surface area contributed by atoms with Crippen molar-refractivity contribution in [1.82, 2.24) is 24.9 Å². The summed E-state index contributed by atoms with van der Waals surface area (Å²) in [5.41, 5.74) is 1.91. The molecule has 4 heterocycles. The summed E-state index contributed by atoms with van der Waals surface area (Å²) in [6.07, 6.45) is 5.38. The van der Waals surface area contributed by atoms with Crippen LogP contribution in [0.5, 0.6) is 5.88 Å². The Kier molecular flexibility index (Phi) is 4.49. The number of fused-ring (bicyclic) bond motifs is 1. The molecule has 1 saturated heterocycles. The SMILES string of the molecule is Cc1c(C(=O)N[C@@H]2COCC[C@H]2Oc2ccccn2)cnc2ccnn12. The number of amides is 1. The molecular formula is C18H19N5O3. The van der Waals surface area contributed by atoms with Crippen LogP contribution < -0.4 is 10.1 Å². The Morgan fingerprint density at radius 1 is 1.31 bits per heavy atom. The van der Waals surface area contributed by atoms with Gasteiger partial charge >= 0.3 is 0 Å². The van der Waals surface area contributed by atoms with E-state index < -0.39 is 0 Å². The maximum atomic E-state index is 12.8. The van der Waals surface area contributed by atoms with Crippen molar-refractivity contribution in [2.75, 3.05) is 13.2 Å². The predicted octanol–water partition coefficient (Wildman–Crippen LogP) is 1.40. The molecule has 0 aliphatic carbocycles. The second-order valence-corrected chi connectivity index (χ2v) is 6.13. The number of carbonyl (C=O) groups excluding carboxylic acids is 1. The zero-order valence-electron chi connectivity index (χ0n) is 14.3. The minimum absolute atomic E-state index is 0.204. The highest BCUT2D eigenvalue weighted by molar-refractivity contribution is 5.95. The molecule has 0 radical (unpaired) electrons. The number of aryl methyl sites for hydroxylation is 1. The van der Waals surface area contributed by atoms with E-state index in [2.05, 4.69) is 20.4 Å². The summed E-state index contributed by atoms with van der Waals surface area (Å²) >= 11 is 0. The topological polar surface area (TPSA) is 90.6 Å². The summed E-state index contributed by atoms with van der Waals surface area (Å²) in [6.45, 7) is 2.82. The van der Waals surface area contributed by atoms with Gasteiger partial charge in [0.1, 0.15) is 6.10 Å². The van der Waals surface area contributed by atoms with Crippen molar-refractivity contribution < 1.29 is 14.3 Å². The minimum atomic E-state index is -0.272. The molecule has 134 valence electrons. The fourth-order valence-electron chi connectivity index (χ4n) is 3.03. The Bertz CT molecular complexity index is 912. The molecule has 0 aromatic carbocycles. The average Bonchev–Trinajstić information content (AvgIpc) is 3.14. The molecule has 1 fully saturated rings. The van der Waals surface area contributed by atoms with Crippen LogP contribution in [-0.4, -0.2) is 50.8 Å². The first-order chi connectivity index (χ1) is 12.7. The van der Waals surface area contributed by atoms with Crippen molar-refractivity contribution >= 4 is 11.6 Å². The summed E-state index contributed by atoms with van der Waals surface area (Å²) in [5.74, 6) is 0.312. The van der Waals surface area contributed by atoms with E-state index >= 15 is 0 Å². The molecule has 26 heavy (non-hydrogen) atoms. The molecule has 1 aliphatic rings. The van der Waals surface area contributed by atoms with Gasteiger partial charge in [-0.05, 0) is 13.0 Å². The Labute approximate surface area is 150 Å². The Balaban J connectivity index is 1.51. The monoisotopic (exact) mass is 353 g/mol. The quantitative estimate of drug-likeness (QED) is 0.762. The van der Waals surface area contributed by atoms with Crippen LogP contribution in [0.1, 0.15) is 22.5 Å². The van der Waals surface area contributed by atoms with Crippen LogP contribution in [0, 0.1) is 6.92 Å². The normalized spacial score (nSPS) is 20.0. The van der Waals surface area contributed by atoms with Crippen molar-refractivity contribution in [3.8, 4) is 5.88 Å². The Morgan fingerprint density at radius 3 is 3.08 bits per heavy atom. The maximum Gasteiger partial charge on any atom is 0.255 e. The van der Waals surface area contributed by atoms with E-state index in [4.69, 9.17) is 9.47 Å². The van der Waals surface area contributed by atoms with Crippen molar-refractivity contribution in [3.05, 3.63) is 54.1 Å². The van der Waals surface area contributed by atoms with Crippen molar-refractivity contribution in [1.29, 1.82) is 0 Å². The van der Waals surface area contributed by atoms with Crippen LogP contribution in [0.15, 0.2) is 42.9 Å². The van der Waals surface area contributed by atoms with E-state index in [1.807, 2.05) is 19.1 Å². The van der Waals surface area contributed by atoms with Crippen LogP contribution in [0.3, 0.4) is 0 Å². The summed E-state index contributed by atoms with van der Waals surface area (Å²) in [7, 11) is 0. The maximum absolute atomic E-state index is 12.8. The standard InChI is InChI=1S/C18H19N5O3/c1-12-13(10-20-16-5-8-21-23(12)16)18(24)22-14-11-25-9-6-15(14)26-17-4-2-3-7-19-17/h2-5,7-8,10,14-15H,6,9,11H2,1H3,(H,22,24)/t14-,15-/m1/s1. The van der Waals surface area contributed by atoms with Crippen LogP contribution in [0.25, 0.3) is 5.65 Å². The zero-order valence-corrected chi connectivity index (χ0v) is 14.3. The number of carbonyl (C=O) groups is 1. The second-order valence-electron chi connectivity index (χ2n) is 6.13. The van der Waals surface area contributed by atoms with E-state index in [0.717, 1.165) is 5.69 Å². The molecule has 8 nitrogen and oxygen atoms in total. The summed E-state index contributed by atoms with van der Waals surface area (Å²) in [4.78, 5) is 21.2. The molecule has 8 heteroatoms. The van der Waals surface area contributed by atoms with Gasteiger partial charge in [0.05, 0.1) is 36.7 Å². The third-order valence-corrected chi connectivity index (χ3v) is 4.42. The fraction of sp³-hybridized carbons (Fsp3) is 0.333. The number of rotatable bonds is 4. The molecule has 3 aromatic rings. The molecule has 0 bridgehead atoms. The first-order valence-corrected chi connectivity index (χ1v) is 8.48. The Morgan fingerprint density at radius 2 is 2.23 bits per heavy atom. The lowest BCUT2D eigenvalue weighted by Gasteiger charge is -2.32. The van der Waals surface area contributed by atoms with Gasteiger partial charge in [-0.2, -0.15) is 5.10 Å². The smallest absolute Gasteiger partial charge is 0.255 e. The molecule has 2 atom stereocenters. The zero-order chi connectivity index (χ0) is 17.9. The van der Waals surface area contributed by atoms with Gasteiger partial charge in [-0.25, -0.2) is 14.5 Å². The number of nitrogens with one attached hydrogen (secondary N) is 1. The first-order valence-electron chi connectivity index (χ1n) is 8.48. The van der Waals surface area contributed by atoms with Gasteiger partial charge < -0.3 is 14.8 Å². The first kappa shape index (κ1) is 16.5.